The number of carbonyl (C=O) groups excluding carboxylic acids is 3. The van der Waals surface area contributed by atoms with Crippen LogP contribution in [0.25, 0.3) is 6.08 Å². The zero-order valence-electron chi connectivity index (χ0n) is 21.3. The first kappa shape index (κ1) is 28.0. The van der Waals surface area contributed by atoms with E-state index in [-0.39, 0.29) is 34.4 Å². The van der Waals surface area contributed by atoms with E-state index < -0.39 is 17.8 Å². The van der Waals surface area contributed by atoms with Gasteiger partial charge < -0.3 is 14.2 Å². The Hall–Kier alpha value is -4.01. The Kier molecular flexibility index (Phi) is 9.11. The molecule has 8 nitrogen and oxygen atoms in total. The summed E-state index contributed by atoms with van der Waals surface area (Å²) in [6.07, 6.45) is 3.25. The third-order valence-electron chi connectivity index (χ3n) is 5.86. The largest absolute Gasteiger partial charge is 0.494 e. The van der Waals surface area contributed by atoms with Gasteiger partial charge in [-0.15, -0.1) is 0 Å². The van der Waals surface area contributed by atoms with Crippen LogP contribution in [0.4, 0.5) is 10.5 Å². The van der Waals surface area contributed by atoms with Crippen molar-refractivity contribution in [2.45, 2.75) is 26.4 Å². The van der Waals surface area contributed by atoms with Gasteiger partial charge in [-0.1, -0.05) is 54.7 Å². The van der Waals surface area contributed by atoms with E-state index in [1.165, 1.54) is 19.3 Å². The summed E-state index contributed by atoms with van der Waals surface area (Å²) in [5.74, 6) is -0.426. The number of urea groups is 1. The van der Waals surface area contributed by atoms with Gasteiger partial charge in [-0.3, -0.25) is 14.9 Å². The van der Waals surface area contributed by atoms with Gasteiger partial charge in [0.1, 0.15) is 17.9 Å². The van der Waals surface area contributed by atoms with Crippen molar-refractivity contribution in [1.29, 1.82) is 0 Å². The smallest absolute Gasteiger partial charge is 0.335 e. The molecular formula is C29H26Cl2N2O6. The number of imide groups is 2. The Bertz CT molecular complexity index is 1420. The van der Waals surface area contributed by atoms with E-state index in [4.69, 9.17) is 37.4 Å². The summed E-state index contributed by atoms with van der Waals surface area (Å²) in [6.45, 7) is 2.78. The standard InChI is InChI=1S/C29H26Cl2N2O6/c1-3-4-13-38-21-11-9-20(10-12-21)33-28(35)22(27(34)32-29(33)36)14-18-15-24(31)26(25(16-18)37-2)39-17-19-7-5-6-8-23(19)30/h5-12,14-16H,3-4,13,17H2,1-2H3,(H,32,34,36)/b22-14-. The van der Waals surface area contributed by atoms with Gasteiger partial charge in [0, 0.05) is 10.6 Å². The number of halogens is 2. The third kappa shape index (κ3) is 6.53. The van der Waals surface area contributed by atoms with Crippen LogP contribution in [0.15, 0.2) is 66.2 Å². The van der Waals surface area contributed by atoms with Crippen molar-refractivity contribution in [3.63, 3.8) is 0 Å². The molecule has 10 heteroatoms. The molecule has 1 fully saturated rings. The summed E-state index contributed by atoms with van der Waals surface area (Å²) in [5.41, 5.74) is 1.20. The van der Waals surface area contributed by atoms with Gasteiger partial charge >= 0.3 is 6.03 Å². The van der Waals surface area contributed by atoms with Gasteiger partial charge in [-0.25, -0.2) is 9.69 Å². The van der Waals surface area contributed by atoms with Crippen LogP contribution in [-0.2, 0) is 16.2 Å². The molecule has 1 heterocycles. The van der Waals surface area contributed by atoms with Crippen molar-refractivity contribution in [2.24, 2.45) is 0 Å². The lowest BCUT2D eigenvalue weighted by molar-refractivity contribution is -0.122. The second-order valence-corrected chi connectivity index (χ2v) is 9.38. The summed E-state index contributed by atoms with van der Waals surface area (Å²) in [6, 6.07) is 16.0. The van der Waals surface area contributed by atoms with Crippen LogP contribution < -0.4 is 24.4 Å². The second-order valence-electron chi connectivity index (χ2n) is 8.57. The van der Waals surface area contributed by atoms with Gasteiger partial charge in [0.15, 0.2) is 11.5 Å². The molecule has 1 saturated heterocycles. The molecule has 3 aromatic rings. The molecule has 0 bridgehead atoms. The first-order valence-corrected chi connectivity index (χ1v) is 13.0. The molecule has 3 aromatic carbocycles. The number of carbonyl (C=O) groups is 3. The Morgan fingerprint density at radius 1 is 0.949 bits per heavy atom. The number of nitrogens with zero attached hydrogens (tertiary/aromatic N) is 1. The van der Waals surface area contributed by atoms with Crippen molar-refractivity contribution in [3.8, 4) is 17.2 Å². The highest BCUT2D eigenvalue weighted by Gasteiger charge is 2.37. The molecule has 0 radical (unpaired) electrons. The summed E-state index contributed by atoms with van der Waals surface area (Å²) < 4.78 is 17.0. The summed E-state index contributed by atoms with van der Waals surface area (Å²) in [4.78, 5) is 39.4. The fraction of sp³-hybridized carbons (Fsp3) is 0.207. The number of benzene rings is 3. The zero-order chi connectivity index (χ0) is 27.9. The molecule has 0 aliphatic carbocycles. The number of anilines is 1. The minimum Gasteiger partial charge on any atom is -0.494 e. The molecule has 0 atom stereocenters. The van der Waals surface area contributed by atoms with Crippen molar-refractivity contribution in [2.75, 3.05) is 18.6 Å². The minimum atomic E-state index is -0.847. The van der Waals surface area contributed by atoms with Crippen LogP contribution in [0.3, 0.4) is 0 Å². The first-order valence-electron chi connectivity index (χ1n) is 12.2. The SMILES string of the molecule is CCCCOc1ccc(N2C(=O)NC(=O)/C(=C/c3cc(Cl)c(OCc4ccccc4Cl)c(OC)c3)C2=O)cc1. The van der Waals surface area contributed by atoms with E-state index in [1.54, 1.807) is 36.4 Å². The number of hydrogen-bond acceptors (Lipinski definition) is 6. The molecule has 202 valence electrons. The lowest BCUT2D eigenvalue weighted by Gasteiger charge is -2.26. The number of hydrogen-bond donors (Lipinski definition) is 1. The van der Waals surface area contributed by atoms with Crippen LogP contribution in [0.1, 0.15) is 30.9 Å². The highest BCUT2D eigenvalue weighted by Crippen LogP contribution is 2.38. The monoisotopic (exact) mass is 568 g/mol. The number of nitrogens with one attached hydrogen (secondary N) is 1. The van der Waals surface area contributed by atoms with Gasteiger partial charge in [-0.05, 0) is 60.5 Å². The van der Waals surface area contributed by atoms with E-state index in [2.05, 4.69) is 12.2 Å². The fourth-order valence-electron chi connectivity index (χ4n) is 3.81. The number of methoxy groups -OCH3 is 1. The van der Waals surface area contributed by atoms with E-state index in [0.717, 1.165) is 23.3 Å². The van der Waals surface area contributed by atoms with E-state index in [1.807, 2.05) is 18.2 Å². The van der Waals surface area contributed by atoms with Gasteiger partial charge in [0.25, 0.3) is 11.8 Å². The second kappa shape index (κ2) is 12.7. The molecule has 39 heavy (non-hydrogen) atoms. The van der Waals surface area contributed by atoms with Gasteiger partial charge in [-0.2, -0.15) is 0 Å². The lowest BCUT2D eigenvalue weighted by atomic mass is 10.1. The lowest BCUT2D eigenvalue weighted by Crippen LogP contribution is -2.54. The Balaban J connectivity index is 1.58. The molecule has 1 aliphatic heterocycles. The highest BCUT2D eigenvalue weighted by molar-refractivity contribution is 6.39. The molecule has 0 saturated carbocycles. The number of rotatable bonds is 10. The summed E-state index contributed by atoms with van der Waals surface area (Å²) in [7, 11) is 1.44. The predicted molar refractivity (Wildman–Crippen MR) is 150 cm³/mol. The van der Waals surface area contributed by atoms with Crippen molar-refractivity contribution < 1.29 is 28.6 Å². The average Bonchev–Trinajstić information content (AvgIpc) is 2.92. The molecule has 1 aliphatic rings. The van der Waals surface area contributed by atoms with Crippen molar-refractivity contribution in [1.82, 2.24) is 5.32 Å². The molecule has 0 aromatic heterocycles. The average molecular weight is 569 g/mol. The Morgan fingerprint density at radius 2 is 1.69 bits per heavy atom. The molecule has 1 N–H and O–H groups in total. The number of ether oxygens (including phenoxy) is 3. The van der Waals surface area contributed by atoms with Gasteiger partial charge in [0.05, 0.1) is 24.4 Å². The van der Waals surface area contributed by atoms with Crippen LogP contribution in [0.2, 0.25) is 10.0 Å². The minimum absolute atomic E-state index is 0.149. The molecule has 0 spiro atoms. The fourth-order valence-corrected chi connectivity index (χ4v) is 4.28. The van der Waals surface area contributed by atoms with Crippen molar-refractivity contribution in [3.05, 3.63) is 87.4 Å². The normalized spacial score (nSPS) is 14.4. The quantitative estimate of drug-likeness (QED) is 0.172. The highest BCUT2D eigenvalue weighted by atomic mass is 35.5. The van der Waals surface area contributed by atoms with Gasteiger partial charge in [0.2, 0.25) is 0 Å². The molecule has 4 amide bonds. The number of unbranched alkanes of at least 4 members (excludes halogenated alkanes) is 1. The first-order chi connectivity index (χ1) is 18.8. The van der Waals surface area contributed by atoms with Crippen LogP contribution >= 0.6 is 23.2 Å². The van der Waals surface area contributed by atoms with Crippen molar-refractivity contribution >= 4 is 52.8 Å². The van der Waals surface area contributed by atoms with Crippen LogP contribution in [-0.4, -0.2) is 31.6 Å². The molecule has 4 rings (SSSR count). The van der Waals surface area contributed by atoms with E-state index in [0.29, 0.717) is 22.9 Å². The number of barbiturate groups is 1. The maximum Gasteiger partial charge on any atom is 0.335 e. The molecular weight excluding hydrogens is 543 g/mol. The predicted octanol–water partition coefficient (Wildman–Crippen LogP) is 6.43. The maximum absolute atomic E-state index is 13.3. The van der Waals surface area contributed by atoms with E-state index >= 15 is 0 Å². The molecule has 0 unspecified atom stereocenters. The Morgan fingerprint density at radius 3 is 2.38 bits per heavy atom. The van der Waals surface area contributed by atoms with Crippen LogP contribution in [0.5, 0.6) is 17.2 Å². The van der Waals surface area contributed by atoms with Crippen LogP contribution in [0, 0.1) is 0 Å². The number of amides is 4. The zero-order valence-corrected chi connectivity index (χ0v) is 22.8. The topological polar surface area (TPSA) is 94.2 Å². The summed E-state index contributed by atoms with van der Waals surface area (Å²) >= 11 is 12.7. The van der Waals surface area contributed by atoms with E-state index in [9.17, 15) is 14.4 Å². The Labute approximate surface area is 236 Å². The third-order valence-corrected chi connectivity index (χ3v) is 6.51. The maximum atomic E-state index is 13.3. The summed E-state index contributed by atoms with van der Waals surface area (Å²) in [5, 5.41) is 2.96.